The van der Waals surface area contributed by atoms with Crippen LogP contribution in [0, 0.1) is 0 Å². The number of ketones is 1. The van der Waals surface area contributed by atoms with Crippen molar-refractivity contribution in [3.63, 3.8) is 0 Å². The van der Waals surface area contributed by atoms with E-state index >= 15 is 0 Å². The SMILES string of the molecule is COC(=O)C(=O)c1ccccc1Oc1cc(Cl)ncn1. The van der Waals surface area contributed by atoms with Gasteiger partial charge in [-0.2, -0.15) is 0 Å². The Bertz CT molecular complexity index is 660. The van der Waals surface area contributed by atoms with E-state index < -0.39 is 11.8 Å². The van der Waals surface area contributed by atoms with Crippen molar-refractivity contribution in [2.24, 2.45) is 0 Å². The second-order valence-electron chi connectivity index (χ2n) is 3.60. The molecule has 0 atom stereocenters. The van der Waals surface area contributed by atoms with Crippen LogP contribution in [0.3, 0.4) is 0 Å². The molecule has 1 aromatic carbocycles. The van der Waals surface area contributed by atoms with Gasteiger partial charge in [0.05, 0.1) is 12.7 Å². The molecule has 0 unspecified atom stereocenters. The van der Waals surface area contributed by atoms with Crippen molar-refractivity contribution >= 4 is 23.4 Å². The number of carbonyl (C=O) groups is 2. The fraction of sp³-hybridized carbons (Fsp3) is 0.0769. The first-order chi connectivity index (χ1) is 9.61. The number of para-hydroxylation sites is 1. The fourth-order valence-corrected chi connectivity index (χ4v) is 1.57. The Morgan fingerprint density at radius 1 is 1.20 bits per heavy atom. The number of rotatable bonds is 4. The van der Waals surface area contributed by atoms with Crippen LogP contribution in [0.2, 0.25) is 5.15 Å². The molecule has 20 heavy (non-hydrogen) atoms. The van der Waals surface area contributed by atoms with E-state index in [1.807, 2.05) is 0 Å². The summed E-state index contributed by atoms with van der Waals surface area (Å²) in [6, 6.07) is 7.65. The van der Waals surface area contributed by atoms with E-state index in [2.05, 4.69) is 14.7 Å². The molecule has 2 rings (SSSR count). The zero-order valence-corrected chi connectivity index (χ0v) is 11.1. The smallest absolute Gasteiger partial charge is 0.379 e. The van der Waals surface area contributed by atoms with Crippen LogP contribution in [0.1, 0.15) is 10.4 Å². The Morgan fingerprint density at radius 2 is 1.95 bits per heavy atom. The lowest BCUT2D eigenvalue weighted by molar-refractivity contribution is -0.135. The van der Waals surface area contributed by atoms with Gasteiger partial charge in [0.2, 0.25) is 5.88 Å². The summed E-state index contributed by atoms with van der Waals surface area (Å²) in [5, 5.41) is 0.201. The van der Waals surface area contributed by atoms with Crippen molar-refractivity contribution < 1.29 is 19.1 Å². The molecule has 0 amide bonds. The highest BCUT2D eigenvalue weighted by Crippen LogP contribution is 2.25. The first-order valence-electron chi connectivity index (χ1n) is 5.49. The Labute approximate surface area is 119 Å². The fourth-order valence-electron chi connectivity index (χ4n) is 1.43. The summed E-state index contributed by atoms with van der Waals surface area (Å²) < 4.78 is 9.84. The van der Waals surface area contributed by atoms with E-state index in [0.717, 1.165) is 7.11 Å². The van der Waals surface area contributed by atoms with Gasteiger partial charge in [-0.05, 0) is 12.1 Å². The van der Waals surface area contributed by atoms with E-state index in [-0.39, 0.29) is 22.3 Å². The average Bonchev–Trinajstić information content (AvgIpc) is 2.46. The van der Waals surface area contributed by atoms with Gasteiger partial charge in [0.25, 0.3) is 5.78 Å². The van der Waals surface area contributed by atoms with Gasteiger partial charge in [0, 0.05) is 6.07 Å². The molecule has 0 spiro atoms. The highest BCUT2D eigenvalue weighted by atomic mass is 35.5. The molecule has 0 radical (unpaired) electrons. The van der Waals surface area contributed by atoms with Gasteiger partial charge in [-0.3, -0.25) is 4.79 Å². The van der Waals surface area contributed by atoms with E-state index in [1.54, 1.807) is 12.1 Å². The van der Waals surface area contributed by atoms with Crippen molar-refractivity contribution in [3.05, 3.63) is 47.4 Å². The Morgan fingerprint density at radius 3 is 2.65 bits per heavy atom. The Kier molecular flexibility index (Phi) is 4.27. The molecule has 0 aliphatic rings. The van der Waals surface area contributed by atoms with Crippen molar-refractivity contribution in [3.8, 4) is 11.6 Å². The van der Waals surface area contributed by atoms with Gasteiger partial charge in [0.1, 0.15) is 17.2 Å². The number of esters is 1. The third-order valence-electron chi connectivity index (χ3n) is 2.33. The van der Waals surface area contributed by atoms with Crippen molar-refractivity contribution in [1.29, 1.82) is 0 Å². The maximum absolute atomic E-state index is 11.8. The monoisotopic (exact) mass is 292 g/mol. The summed E-state index contributed by atoms with van der Waals surface area (Å²) in [7, 11) is 1.13. The Balaban J connectivity index is 2.33. The molecule has 0 saturated carbocycles. The molecule has 0 fully saturated rings. The number of nitrogens with zero attached hydrogens (tertiary/aromatic N) is 2. The summed E-state index contributed by atoms with van der Waals surface area (Å²) in [5.74, 6) is -1.43. The normalized spacial score (nSPS) is 9.90. The number of hydrogen-bond acceptors (Lipinski definition) is 6. The van der Waals surface area contributed by atoms with Crippen LogP contribution in [-0.4, -0.2) is 28.8 Å². The number of hydrogen-bond donors (Lipinski definition) is 0. The van der Waals surface area contributed by atoms with Crippen LogP contribution in [0.4, 0.5) is 0 Å². The summed E-state index contributed by atoms with van der Waals surface area (Å²) in [6.45, 7) is 0. The third-order valence-corrected chi connectivity index (χ3v) is 2.53. The van der Waals surface area contributed by atoms with E-state index in [0.29, 0.717) is 0 Å². The first-order valence-corrected chi connectivity index (χ1v) is 5.86. The highest BCUT2D eigenvalue weighted by molar-refractivity contribution is 6.41. The first kappa shape index (κ1) is 14.0. The Hall–Kier alpha value is -2.47. The lowest BCUT2D eigenvalue weighted by Crippen LogP contribution is -2.16. The number of carbonyl (C=O) groups excluding carboxylic acids is 2. The van der Waals surface area contributed by atoms with Crippen LogP contribution in [0.15, 0.2) is 36.7 Å². The number of aromatic nitrogens is 2. The van der Waals surface area contributed by atoms with Crippen LogP contribution in [-0.2, 0) is 9.53 Å². The van der Waals surface area contributed by atoms with Crippen LogP contribution >= 0.6 is 11.6 Å². The number of methoxy groups -OCH3 is 1. The van der Waals surface area contributed by atoms with Crippen LogP contribution in [0.5, 0.6) is 11.6 Å². The predicted octanol–water partition coefficient (Wildman–Crippen LogP) is 2.28. The molecule has 0 aliphatic heterocycles. The van der Waals surface area contributed by atoms with E-state index in [4.69, 9.17) is 16.3 Å². The van der Waals surface area contributed by atoms with Gasteiger partial charge in [0.15, 0.2) is 0 Å². The van der Waals surface area contributed by atoms with Gasteiger partial charge in [-0.15, -0.1) is 0 Å². The quantitative estimate of drug-likeness (QED) is 0.372. The van der Waals surface area contributed by atoms with Crippen molar-refractivity contribution in [2.45, 2.75) is 0 Å². The van der Waals surface area contributed by atoms with E-state index in [9.17, 15) is 9.59 Å². The van der Waals surface area contributed by atoms with E-state index in [1.165, 1.54) is 24.5 Å². The minimum absolute atomic E-state index is 0.0779. The molecule has 102 valence electrons. The second-order valence-corrected chi connectivity index (χ2v) is 3.99. The molecule has 0 bridgehead atoms. The number of ether oxygens (including phenoxy) is 2. The minimum Gasteiger partial charge on any atom is -0.463 e. The molecule has 2 aromatic rings. The minimum atomic E-state index is -0.971. The summed E-state index contributed by atoms with van der Waals surface area (Å²) in [4.78, 5) is 30.7. The van der Waals surface area contributed by atoms with Gasteiger partial charge >= 0.3 is 5.97 Å². The summed E-state index contributed by atoms with van der Waals surface area (Å²) in [6.07, 6.45) is 1.22. The van der Waals surface area contributed by atoms with Crippen LogP contribution in [0.25, 0.3) is 0 Å². The molecule has 1 aromatic heterocycles. The topological polar surface area (TPSA) is 78.4 Å². The molecule has 0 saturated heterocycles. The van der Waals surface area contributed by atoms with Gasteiger partial charge < -0.3 is 9.47 Å². The lowest BCUT2D eigenvalue weighted by atomic mass is 10.1. The summed E-state index contributed by atoms with van der Waals surface area (Å²) in [5.41, 5.74) is 0.0779. The number of halogens is 1. The molecule has 0 N–H and O–H groups in total. The third kappa shape index (κ3) is 3.10. The number of Topliss-reactive ketones (excluding diaryl/α,β-unsaturated/α-hetero) is 1. The van der Waals surface area contributed by atoms with Gasteiger partial charge in [-0.1, -0.05) is 23.7 Å². The highest BCUT2D eigenvalue weighted by Gasteiger charge is 2.21. The zero-order chi connectivity index (χ0) is 14.5. The van der Waals surface area contributed by atoms with Gasteiger partial charge in [-0.25, -0.2) is 14.8 Å². The van der Waals surface area contributed by atoms with Crippen molar-refractivity contribution in [2.75, 3.05) is 7.11 Å². The molecule has 0 aliphatic carbocycles. The molecule has 1 heterocycles. The zero-order valence-electron chi connectivity index (χ0n) is 10.4. The standard InChI is InChI=1S/C13H9ClN2O4/c1-19-13(18)12(17)8-4-2-3-5-9(8)20-11-6-10(14)15-7-16-11/h2-7H,1H3. The molecule has 7 heteroatoms. The van der Waals surface area contributed by atoms with Crippen molar-refractivity contribution in [1.82, 2.24) is 9.97 Å². The molecular formula is C13H9ClN2O4. The second kappa shape index (κ2) is 6.12. The maximum atomic E-state index is 11.8. The molecular weight excluding hydrogens is 284 g/mol. The average molecular weight is 293 g/mol. The largest absolute Gasteiger partial charge is 0.463 e. The summed E-state index contributed by atoms with van der Waals surface area (Å²) >= 11 is 5.71. The predicted molar refractivity (Wildman–Crippen MR) is 69.9 cm³/mol. The lowest BCUT2D eigenvalue weighted by Gasteiger charge is -2.08. The molecule has 6 nitrogen and oxygen atoms in total. The maximum Gasteiger partial charge on any atom is 0.379 e. The number of benzene rings is 1. The van der Waals surface area contributed by atoms with Crippen LogP contribution < -0.4 is 4.74 Å².